The van der Waals surface area contributed by atoms with Crippen molar-refractivity contribution >= 4 is 62.2 Å². The SMILES string of the molecule is CCOC(=O)c1sc(NC(=O)CSc2nnc3c4ccccc4n(CCc4ccccc4)c3n2)nc1C. The molecule has 188 valence electrons. The van der Waals surface area contributed by atoms with E-state index in [9.17, 15) is 9.59 Å². The molecule has 0 atom stereocenters. The normalized spacial score (nSPS) is 11.2. The third kappa shape index (κ3) is 5.47. The van der Waals surface area contributed by atoms with Gasteiger partial charge < -0.3 is 14.6 Å². The fraction of sp³-hybridized carbons (Fsp3) is 0.231. The maximum Gasteiger partial charge on any atom is 0.350 e. The molecule has 37 heavy (non-hydrogen) atoms. The maximum absolute atomic E-state index is 12.6. The number of nitrogens with zero attached hydrogens (tertiary/aromatic N) is 5. The van der Waals surface area contributed by atoms with Crippen LogP contribution in [0.15, 0.2) is 59.8 Å². The van der Waals surface area contributed by atoms with Gasteiger partial charge in [-0.1, -0.05) is 71.6 Å². The number of benzene rings is 2. The summed E-state index contributed by atoms with van der Waals surface area (Å²) >= 11 is 2.29. The van der Waals surface area contributed by atoms with E-state index < -0.39 is 5.97 Å². The lowest BCUT2D eigenvalue weighted by Gasteiger charge is -2.07. The summed E-state index contributed by atoms with van der Waals surface area (Å²) in [4.78, 5) is 34.0. The molecule has 2 aromatic carbocycles. The molecule has 3 heterocycles. The largest absolute Gasteiger partial charge is 0.462 e. The van der Waals surface area contributed by atoms with Crippen LogP contribution < -0.4 is 5.32 Å². The topological polar surface area (TPSA) is 112 Å². The number of aryl methyl sites for hydroxylation is 3. The molecule has 0 radical (unpaired) electrons. The van der Waals surface area contributed by atoms with Crippen LogP contribution >= 0.6 is 23.1 Å². The zero-order chi connectivity index (χ0) is 25.8. The zero-order valence-corrected chi connectivity index (χ0v) is 21.9. The Hall–Kier alpha value is -3.83. The van der Waals surface area contributed by atoms with Crippen LogP contribution in [0, 0.1) is 6.92 Å². The Balaban J connectivity index is 1.32. The van der Waals surface area contributed by atoms with Crippen LogP contribution in [0.2, 0.25) is 0 Å². The maximum atomic E-state index is 12.6. The number of hydrogen-bond donors (Lipinski definition) is 1. The molecule has 3 aromatic heterocycles. The van der Waals surface area contributed by atoms with Gasteiger partial charge in [0.2, 0.25) is 11.1 Å². The lowest BCUT2D eigenvalue weighted by Crippen LogP contribution is -2.14. The van der Waals surface area contributed by atoms with Crippen LogP contribution in [0.4, 0.5) is 5.13 Å². The number of fused-ring (bicyclic) bond motifs is 3. The Kier molecular flexibility index (Phi) is 7.42. The van der Waals surface area contributed by atoms with Gasteiger partial charge in [0.1, 0.15) is 10.4 Å². The zero-order valence-electron chi connectivity index (χ0n) is 20.3. The van der Waals surface area contributed by atoms with Gasteiger partial charge in [0.25, 0.3) is 0 Å². The Labute approximate surface area is 221 Å². The standard InChI is InChI=1S/C26H24N6O3S2/c1-3-35-24(34)22-16(2)27-25(37-22)28-20(33)15-36-26-29-23-21(30-31-26)18-11-7-8-12-19(18)32(23)14-13-17-9-5-4-6-10-17/h4-12H,3,13-15H2,1-2H3,(H,27,28,33). The van der Waals surface area contributed by atoms with Crippen molar-refractivity contribution in [1.82, 2.24) is 24.7 Å². The minimum atomic E-state index is -0.442. The number of rotatable bonds is 9. The number of ether oxygens (including phenoxy) is 1. The van der Waals surface area contributed by atoms with Gasteiger partial charge in [-0.25, -0.2) is 14.8 Å². The molecular formula is C26H24N6O3S2. The van der Waals surface area contributed by atoms with Crippen molar-refractivity contribution in [2.75, 3.05) is 17.7 Å². The summed E-state index contributed by atoms with van der Waals surface area (Å²) < 4.78 is 7.19. The Morgan fingerprint density at radius 2 is 1.84 bits per heavy atom. The second-order valence-corrected chi connectivity index (χ2v) is 10.1. The number of hydrogen-bond acceptors (Lipinski definition) is 9. The molecule has 0 unspecified atom stereocenters. The molecular weight excluding hydrogens is 508 g/mol. The van der Waals surface area contributed by atoms with E-state index in [2.05, 4.69) is 43.3 Å². The first-order chi connectivity index (χ1) is 18.0. The Morgan fingerprint density at radius 1 is 1.05 bits per heavy atom. The smallest absolute Gasteiger partial charge is 0.350 e. The molecule has 1 amide bonds. The van der Waals surface area contributed by atoms with Crippen molar-refractivity contribution in [1.29, 1.82) is 0 Å². The number of amides is 1. The van der Waals surface area contributed by atoms with E-state index in [1.807, 2.05) is 36.4 Å². The molecule has 9 nitrogen and oxygen atoms in total. The molecule has 0 saturated carbocycles. The van der Waals surface area contributed by atoms with E-state index in [-0.39, 0.29) is 18.3 Å². The molecule has 0 fully saturated rings. The Morgan fingerprint density at radius 3 is 2.65 bits per heavy atom. The van der Waals surface area contributed by atoms with E-state index in [0.29, 0.717) is 20.9 Å². The lowest BCUT2D eigenvalue weighted by molar-refractivity contribution is -0.113. The number of carbonyl (C=O) groups excluding carboxylic acids is 2. The number of anilines is 1. The number of thioether (sulfide) groups is 1. The van der Waals surface area contributed by atoms with E-state index in [1.54, 1.807) is 13.8 Å². The van der Waals surface area contributed by atoms with Crippen molar-refractivity contribution in [3.8, 4) is 0 Å². The first kappa shape index (κ1) is 24.8. The molecule has 0 aliphatic rings. The molecule has 11 heteroatoms. The van der Waals surface area contributed by atoms with Gasteiger partial charge in [-0.05, 0) is 31.9 Å². The highest BCUT2D eigenvalue weighted by atomic mass is 32.2. The minimum Gasteiger partial charge on any atom is -0.462 e. The summed E-state index contributed by atoms with van der Waals surface area (Å²) in [5.41, 5.74) is 4.29. The van der Waals surface area contributed by atoms with Crippen LogP contribution in [-0.4, -0.2) is 49.0 Å². The summed E-state index contributed by atoms with van der Waals surface area (Å²) in [7, 11) is 0. The van der Waals surface area contributed by atoms with Crippen LogP contribution in [0.25, 0.3) is 22.1 Å². The predicted molar refractivity (Wildman–Crippen MR) is 145 cm³/mol. The number of nitrogens with one attached hydrogen (secondary N) is 1. The molecule has 0 saturated heterocycles. The number of aromatic nitrogens is 5. The van der Waals surface area contributed by atoms with Gasteiger partial charge in [0.05, 0.1) is 23.6 Å². The van der Waals surface area contributed by atoms with E-state index in [0.717, 1.165) is 46.4 Å². The van der Waals surface area contributed by atoms with E-state index in [4.69, 9.17) is 9.72 Å². The number of thiazole rings is 1. The summed E-state index contributed by atoms with van der Waals surface area (Å²) in [5, 5.41) is 13.2. The molecule has 0 spiro atoms. The van der Waals surface area contributed by atoms with Gasteiger partial charge in [-0.15, -0.1) is 10.2 Å². The number of esters is 1. The van der Waals surface area contributed by atoms with E-state index in [1.165, 1.54) is 17.3 Å². The van der Waals surface area contributed by atoms with Gasteiger partial charge >= 0.3 is 5.97 Å². The summed E-state index contributed by atoms with van der Waals surface area (Å²) in [6.07, 6.45) is 0.852. The van der Waals surface area contributed by atoms with E-state index >= 15 is 0 Å². The van der Waals surface area contributed by atoms with Crippen LogP contribution in [0.3, 0.4) is 0 Å². The van der Waals surface area contributed by atoms with Crippen LogP contribution in [-0.2, 0) is 22.5 Å². The highest BCUT2D eigenvalue weighted by Crippen LogP contribution is 2.28. The molecule has 0 aliphatic carbocycles. The summed E-state index contributed by atoms with van der Waals surface area (Å²) in [6, 6.07) is 18.4. The monoisotopic (exact) mass is 532 g/mol. The van der Waals surface area contributed by atoms with Crippen molar-refractivity contribution in [3.63, 3.8) is 0 Å². The second kappa shape index (κ2) is 11.1. The number of carbonyl (C=O) groups is 2. The van der Waals surface area contributed by atoms with Gasteiger partial charge in [0, 0.05) is 11.9 Å². The molecule has 5 aromatic rings. The average molecular weight is 533 g/mol. The molecule has 1 N–H and O–H groups in total. The molecule has 0 bridgehead atoms. The predicted octanol–water partition coefficient (Wildman–Crippen LogP) is 4.89. The summed E-state index contributed by atoms with van der Waals surface area (Å²) in [6.45, 7) is 4.46. The van der Waals surface area contributed by atoms with Crippen molar-refractivity contribution in [2.45, 2.75) is 32.0 Å². The summed E-state index contributed by atoms with van der Waals surface area (Å²) in [5.74, 6) is -0.643. The lowest BCUT2D eigenvalue weighted by atomic mass is 10.1. The second-order valence-electron chi connectivity index (χ2n) is 8.16. The highest BCUT2D eigenvalue weighted by molar-refractivity contribution is 7.99. The first-order valence-corrected chi connectivity index (χ1v) is 13.6. The fourth-order valence-electron chi connectivity index (χ4n) is 3.98. The van der Waals surface area contributed by atoms with Gasteiger partial charge in [-0.2, -0.15) is 0 Å². The highest BCUT2D eigenvalue weighted by Gasteiger charge is 2.19. The molecule has 0 aliphatic heterocycles. The fourth-order valence-corrected chi connectivity index (χ4v) is 5.44. The first-order valence-electron chi connectivity index (χ1n) is 11.8. The third-order valence-corrected chi connectivity index (χ3v) is 7.55. The Bertz CT molecular complexity index is 1580. The van der Waals surface area contributed by atoms with Crippen LogP contribution in [0.1, 0.15) is 27.9 Å². The van der Waals surface area contributed by atoms with Crippen molar-refractivity contribution < 1.29 is 14.3 Å². The minimum absolute atomic E-state index is 0.0742. The third-order valence-electron chi connectivity index (χ3n) is 5.66. The quantitative estimate of drug-likeness (QED) is 0.211. The molecule has 5 rings (SSSR count). The van der Waals surface area contributed by atoms with Gasteiger partial charge in [0.15, 0.2) is 10.8 Å². The van der Waals surface area contributed by atoms with Gasteiger partial charge in [-0.3, -0.25) is 4.79 Å². The number of para-hydroxylation sites is 1. The average Bonchev–Trinajstić information content (AvgIpc) is 3.43. The van der Waals surface area contributed by atoms with Crippen molar-refractivity contribution in [2.24, 2.45) is 0 Å². The van der Waals surface area contributed by atoms with Crippen LogP contribution in [0.5, 0.6) is 0 Å². The van der Waals surface area contributed by atoms with Crippen molar-refractivity contribution in [3.05, 3.63) is 70.7 Å².